The number of aryl methyl sites for hydroxylation is 1. The molecule has 1 unspecified atom stereocenters. The molecule has 2 aliphatic rings. The van der Waals surface area contributed by atoms with Crippen molar-refractivity contribution in [2.45, 2.75) is 55.8 Å². The first-order valence-electron chi connectivity index (χ1n) is 16.2. The highest BCUT2D eigenvalue weighted by atomic mass is 35.5. The third-order valence-corrected chi connectivity index (χ3v) is 11.1. The maximum atomic E-state index is 14.8. The molecule has 1 atom stereocenters. The Morgan fingerprint density at radius 2 is 1.56 bits per heavy atom. The minimum Gasteiger partial charge on any atom is -0.495 e. The van der Waals surface area contributed by atoms with Gasteiger partial charge in [-0.05, 0) is 79.9 Å². The Morgan fingerprint density at radius 1 is 0.880 bits per heavy atom. The lowest BCUT2D eigenvalue weighted by Gasteiger charge is -2.32. The molecule has 1 fully saturated rings. The maximum absolute atomic E-state index is 14.8. The number of anilines is 1. The zero-order valence-electron chi connectivity index (χ0n) is 27.5. The van der Waals surface area contributed by atoms with Gasteiger partial charge in [-0.1, -0.05) is 79.6 Å². The number of nitrogens with zero attached hydrogens (tertiary/aromatic N) is 1. The summed E-state index contributed by atoms with van der Waals surface area (Å²) in [5.74, 6) is -1.96. The van der Waals surface area contributed by atoms with Gasteiger partial charge in [-0.25, -0.2) is 12.7 Å². The summed E-state index contributed by atoms with van der Waals surface area (Å²) in [7, 11) is -3.49. The van der Waals surface area contributed by atoms with Crippen molar-refractivity contribution in [3.05, 3.63) is 113 Å². The van der Waals surface area contributed by atoms with Crippen molar-refractivity contribution in [2.75, 3.05) is 11.4 Å². The standard InChI is InChI=1S/C37H36ClN3O8S/c1-24-13-17-29(18-14-24)49-40-35(43)37(23-25-9-5-3-6-10-25)30-22-27(38)16-19-31(30)41(36(37)44)50(45,46)33-20-15-26(21-32(33)47-2)34(42)39-48-28-11-7-4-8-12-28/h4,7-8,11-22,25H,3,5-6,9-10,23H2,1-2H3,(H,39,42)(H,40,43). The fourth-order valence-corrected chi connectivity index (χ4v) is 8.37. The van der Waals surface area contributed by atoms with E-state index in [4.69, 9.17) is 26.0 Å². The molecule has 4 aromatic rings. The van der Waals surface area contributed by atoms with E-state index in [0.29, 0.717) is 15.8 Å². The lowest BCUT2D eigenvalue weighted by atomic mass is 9.70. The number of benzene rings is 4. The Kier molecular flexibility index (Phi) is 10.0. The van der Waals surface area contributed by atoms with Crippen LogP contribution in [-0.2, 0) is 25.0 Å². The number of nitrogens with one attached hydrogen (secondary N) is 2. The molecular formula is C37H36ClN3O8S. The van der Waals surface area contributed by atoms with Gasteiger partial charge in [0, 0.05) is 16.1 Å². The smallest absolute Gasteiger partial charge is 0.284 e. The summed E-state index contributed by atoms with van der Waals surface area (Å²) >= 11 is 6.46. The SMILES string of the molecule is COc1cc(C(=O)NOc2ccccc2)ccc1S(=O)(=O)N1C(=O)C(CC2CCCCC2)(C(=O)NOc2ccc(C)cc2)c2cc(Cl)ccc21. The van der Waals surface area contributed by atoms with E-state index in [2.05, 4.69) is 11.0 Å². The van der Waals surface area contributed by atoms with Crippen LogP contribution in [0.3, 0.4) is 0 Å². The van der Waals surface area contributed by atoms with Gasteiger partial charge >= 0.3 is 0 Å². The number of rotatable bonds is 11. The van der Waals surface area contributed by atoms with Crippen molar-refractivity contribution in [3.8, 4) is 17.2 Å². The summed E-state index contributed by atoms with van der Waals surface area (Å²) < 4.78 is 35.3. The quantitative estimate of drug-likeness (QED) is 0.134. The van der Waals surface area contributed by atoms with Gasteiger partial charge in [0.2, 0.25) is 0 Å². The van der Waals surface area contributed by atoms with Crippen LogP contribution in [0, 0.1) is 12.8 Å². The number of para-hydroxylation sites is 1. The number of ether oxygens (including phenoxy) is 1. The van der Waals surface area contributed by atoms with Crippen LogP contribution in [0.1, 0.15) is 60.0 Å². The molecule has 1 heterocycles. The van der Waals surface area contributed by atoms with Crippen LogP contribution < -0.4 is 29.7 Å². The Morgan fingerprint density at radius 3 is 2.26 bits per heavy atom. The zero-order valence-corrected chi connectivity index (χ0v) is 29.1. The molecule has 1 saturated carbocycles. The van der Waals surface area contributed by atoms with Crippen molar-refractivity contribution < 1.29 is 37.2 Å². The Balaban J connectivity index is 1.38. The van der Waals surface area contributed by atoms with E-state index in [9.17, 15) is 22.8 Å². The molecule has 0 saturated heterocycles. The van der Waals surface area contributed by atoms with E-state index < -0.39 is 33.2 Å². The highest BCUT2D eigenvalue weighted by Gasteiger charge is 2.60. The number of sulfonamides is 1. The predicted molar refractivity (Wildman–Crippen MR) is 186 cm³/mol. The Hall–Kier alpha value is -5.07. The minimum absolute atomic E-state index is 0.0131. The van der Waals surface area contributed by atoms with Gasteiger partial charge in [0.25, 0.3) is 27.7 Å². The minimum atomic E-state index is -4.74. The van der Waals surface area contributed by atoms with Crippen LogP contribution in [-0.4, -0.2) is 33.2 Å². The van der Waals surface area contributed by atoms with Gasteiger partial charge in [-0.2, -0.15) is 11.0 Å². The fraction of sp³-hybridized carbons (Fsp3) is 0.270. The van der Waals surface area contributed by atoms with Crippen molar-refractivity contribution in [3.63, 3.8) is 0 Å². The molecule has 1 aliphatic heterocycles. The third-order valence-electron chi connectivity index (χ3n) is 9.13. The van der Waals surface area contributed by atoms with E-state index in [0.717, 1.165) is 37.7 Å². The molecular weight excluding hydrogens is 682 g/mol. The third kappa shape index (κ3) is 6.73. The first-order valence-corrected chi connectivity index (χ1v) is 18.0. The molecule has 3 amide bonds. The molecule has 13 heteroatoms. The van der Waals surface area contributed by atoms with Crippen LogP contribution in [0.15, 0.2) is 95.9 Å². The van der Waals surface area contributed by atoms with E-state index in [-0.39, 0.29) is 44.8 Å². The number of fused-ring (bicyclic) bond motifs is 1. The molecule has 0 spiro atoms. The van der Waals surface area contributed by atoms with Crippen molar-refractivity contribution in [2.24, 2.45) is 5.92 Å². The summed E-state index contributed by atoms with van der Waals surface area (Å²) in [6.07, 6.45) is 4.48. The van der Waals surface area contributed by atoms with Crippen LogP contribution in [0.25, 0.3) is 0 Å². The van der Waals surface area contributed by atoms with Gasteiger partial charge in [-0.3, -0.25) is 14.4 Å². The van der Waals surface area contributed by atoms with Crippen LogP contribution in [0.2, 0.25) is 5.02 Å². The van der Waals surface area contributed by atoms with E-state index >= 15 is 0 Å². The molecule has 0 radical (unpaired) electrons. The van der Waals surface area contributed by atoms with E-state index in [1.165, 1.54) is 43.5 Å². The highest BCUT2D eigenvalue weighted by molar-refractivity contribution is 7.93. The number of halogens is 1. The number of hydroxylamine groups is 2. The summed E-state index contributed by atoms with van der Waals surface area (Å²) in [4.78, 5) is 52.7. The van der Waals surface area contributed by atoms with Crippen molar-refractivity contribution in [1.29, 1.82) is 0 Å². The normalized spacial score (nSPS) is 17.5. The molecule has 260 valence electrons. The Bertz CT molecular complexity index is 2020. The van der Waals surface area contributed by atoms with Gasteiger partial charge in [0.05, 0.1) is 12.8 Å². The van der Waals surface area contributed by atoms with E-state index in [1.807, 2.05) is 19.1 Å². The number of amides is 3. The summed E-state index contributed by atoms with van der Waals surface area (Å²) in [5.41, 5.74) is 3.95. The predicted octanol–water partition coefficient (Wildman–Crippen LogP) is 6.43. The summed E-state index contributed by atoms with van der Waals surface area (Å²) in [6, 6.07) is 23.6. The van der Waals surface area contributed by atoms with Gasteiger partial charge in [-0.15, -0.1) is 0 Å². The van der Waals surface area contributed by atoms with Gasteiger partial charge in [0.15, 0.2) is 16.9 Å². The molecule has 2 N–H and O–H groups in total. The second-order valence-electron chi connectivity index (χ2n) is 12.4. The van der Waals surface area contributed by atoms with Crippen LogP contribution in [0.5, 0.6) is 17.2 Å². The topological polar surface area (TPSA) is 140 Å². The zero-order chi connectivity index (χ0) is 35.5. The van der Waals surface area contributed by atoms with Crippen LogP contribution >= 0.6 is 11.6 Å². The van der Waals surface area contributed by atoms with Gasteiger partial charge in [0.1, 0.15) is 10.6 Å². The first-order chi connectivity index (χ1) is 24.0. The van der Waals surface area contributed by atoms with Crippen LogP contribution in [0.4, 0.5) is 5.69 Å². The molecule has 4 aromatic carbocycles. The highest BCUT2D eigenvalue weighted by Crippen LogP contribution is 2.51. The number of carbonyl (C=O) groups excluding carboxylic acids is 3. The molecule has 0 aromatic heterocycles. The first kappa shape index (κ1) is 34.8. The van der Waals surface area contributed by atoms with Crippen molar-refractivity contribution in [1.82, 2.24) is 11.0 Å². The number of carbonyl (C=O) groups is 3. The monoisotopic (exact) mass is 717 g/mol. The summed E-state index contributed by atoms with van der Waals surface area (Å²) in [5, 5.41) is 0.224. The molecule has 1 aliphatic carbocycles. The number of hydrogen-bond donors (Lipinski definition) is 2. The lowest BCUT2D eigenvalue weighted by molar-refractivity contribution is -0.141. The molecule has 50 heavy (non-hydrogen) atoms. The molecule has 11 nitrogen and oxygen atoms in total. The second kappa shape index (κ2) is 14.4. The fourth-order valence-electron chi connectivity index (χ4n) is 6.57. The van der Waals surface area contributed by atoms with Gasteiger partial charge < -0.3 is 14.4 Å². The van der Waals surface area contributed by atoms with Crippen molar-refractivity contribution >= 4 is 45.0 Å². The molecule has 0 bridgehead atoms. The summed E-state index contributed by atoms with van der Waals surface area (Å²) in [6.45, 7) is 1.91. The largest absolute Gasteiger partial charge is 0.495 e. The average molecular weight is 718 g/mol. The average Bonchev–Trinajstić information content (AvgIpc) is 3.38. The lowest BCUT2D eigenvalue weighted by Crippen LogP contribution is -2.54. The number of methoxy groups -OCH3 is 1. The second-order valence-corrected chi connectivity index (χ2v) is 14.6. The maximum Gasteiger partial charge on any atom is 0.284 e. The number of hydrogen-bond acceptors (Lipinski definition) is 8. The molecule has 6 rings (SSSR count). The van der Waals surface area contributed by atoms with E-state index in [1.54, 1.807) is 42.5 Å². The Labute approximate surface area is 295 Å².